The quantitative estimate of drug-likeness (QED) is 0.0152. The van der Waals surface area contributed by atoms with E-state index in [1.165, 1.54) is 24.2 Å². The summed E-state index contributed by atoms with van der Waals surface area (Å²) < 4.78 is 53.3. The van der Waals surface area contributed by atoms with E-state index in [4.69, 9.17) is 58.2 Å². The molecule has 0 aromatic heterocycles. The molecule has 0 fully saturated rings. The SMILES string of the molecule is C=C(C)C(=O)OCCOCC(O)COCCC.C=C(C)C(=O)OCCOCC(O)COCCC.CC.C[SiH](C)OC(C)(C)C[Si](C)(C)CCCOCC(O)CN.C[SiH](C)OC(C)(C)C[Si](C)(C)CCCOCC(O)CN. The summed E-state index contributed by atoms with van der Waals surface area (Å²) in [6, 6.07) is 4.85. The molecule has 76 heavy (non-hydrogen) atoms. The second-order valence-corrected chi connectivity index (χ2v) is 37.1. The largest absolute Gasteiger partial charge is 0.460 e. The van der Waals surface area contributed by atoms with Crippen LogP contribution in [0.25, 0.3) is 0 Å². The highest BCUT2D eigenvalue weighted by molar-refractivity contribution is 6.78. The molecule has 0 aliphatic carbocycles. The fourth-order valence-electron chi connectivity index (χ4n) is 7.62. The van der Waals surface area contributed by atoms with E-state index < -0.39 is 70.6 Å². The van der Waals surface area contributed by atoms with Crippen LogP contribution in [0.3, 0.4) is 0 Å². The summed E-state index contributed by atoms with van der Waals surface area (Å²) in [5.74, 6) is -0.860. The number of nitrogens with two attached hydrogens (primary N) is 2. The minimum Gasteiger partial charge on any atom is -0.460 e. The van der Waals surface area contributed by atoms with Crippen LogP contribution in [-0.4, -0.2) is 208 Å². The van der Waals surface area contributed by atoms with Gasteiger partial charge in [0.05, 0.1) is 81.2 Å². The van der Waals surface area contributed by atoms with Crippen molar-refractivity contribution in [2.24, 2.45) is 11.5 Å². The maximum Gasteiger partial charge on any atom is 0.333 e. The van der Waals surface area contributed by atoms with Crippen LogP contribution >= 0.6 is 0 Å². The molecule has 0 saturated carbocycles. The van der Waals surface area contributed by atoms with E-state index in [1.807, 2.05) is 27.7 Å². The Bertz CT molecular complexity index is 1280. The minimum atomic E-state index is -1.26. The van der Waals surface area contributed by atoms with Crippen LogP contribution in [0.2, 0.25) is 76.6 Å². The van der Waals surface area contributed by atoms with Crippen molar-refractivity contribution in [3.05, 3.63) is 24.3 Å². The van der Waals surface area contributed by atoms with Gasteiger partial charge in [0, 0.05) is 61.9 Å². The Morgan fingerprint density at radius 2 is 0.763 bits per heavy atom. The second-order valence-electron chi connectivity index (χ2n) is 22.1. The monoisotopic (exact) mass is 1160 g/mol. The molecule has 0 spiro atoms. The molecular formula is C54H120N2O16Si4. The summed E-state index contributed by atoms with van der Waals surface area (Å²) in [6.07, 6.45) is 1.63. The van der Waals surface area contributed by atoms with Crippen molar-refractivity contribution in [1.82, 2.24) is 0 Å². The minimum absolute atomic E-state index is 0.0205. The van der Waals surface area contributed by atoms with Crippen LogP contribution in [-0.2, 0) is 56.3 Å². The molecule has 4 unspecified atom stereocenters. The van der Waals surface area contributed by atoms with Gasteiger partial charge in [0.1, 0.15) is 25.4 Å². The van der Waals surface area contributed by atoms with Crippen molar-refractivity contribution >= 4 is 46.2 Å². The van der Waals surface area contributed by atoms with Crippen LogP contribution in [0.15, 0.2) is 24.3 Å². The predicted octanol–water partition coefficient (Wildman–Crippen LogP) is 7.25. The van der Waals surface area contributed by atoms with Gasteiger partial charge in [0.2, 0.25) is 0 Å². The Morgan fingerprint density at radius 3 is 1.01 bits per heavy atom. The van der Waals surface area contributed by atoms with Crippen molar-refractivity contribution in [1.29, 1.82) is 0 Å². The van der Waals surface area contributed by atoms with Crippen molar-refractivity contribution in [3.63, 3.8) is 0 Å². The number of esters is 2. The van der Waals surface area contributed by atoms with Gasteiger partial charge in [-0.05, 0) is 106 Å². The van der Waals surface area contributed by atoms with Crippen molar-refractivity contribution in [2.45, 2.75) is 207 Å². The summed E-state index contributed by atoms with van der Waals surface area (Å²) in [5, 5.41) is 37.4. The van der Waals surface area contributed by atoms with Gasteiger partial charge in [0.25, 0.3) is 0 Å². The Hall–Kier alpha value is -1.27. The zero-order chi connectivity index (χ0) is 59.8. The van der Waals surface area contributed by atoms with E-state index >= 15 is 0 Å². The van der Waals surface area contributed by atoms with Gasteiger partial charge in [-0.15, -0.1) is 0 Å². The average molecular weight is 1170 g/mol. The third-order valence-electron chi connectivity index (χ3n) is 9.92. The summed E-state index contributed by atoms with van der Waals surface area (Å²) in [6.45, 7) is 51.2. The number of carbonyl (C=O) groups is 2. The Balaban J connectivity index is -0.000000292. The lowest BCUT2D eigenvalue weighted by Gasteiger charge is -2.35. The first-order valence-corrected chi connectivity index (χ1v) is 40.3. The van der Waals surface area contributed by atoms with Crippen molar-refractivity contribution in [2.75, 3.05) is 106 Å². The van der Waals surface area contributed by atoms with E-state index in [1.54, 1.807) is 13.8 Å². The van der Waals surface area contributed by atoms with Gasteiger partial charge in [-0.2, -0.15) is 0 Å². The van der Waals surface area contributed by atoms with E-state index in [0.717, 1.165) is 25.7 Å². The topological polar surface area (TPSA) is 259 Å². The lowest BCUT2D eigenvalue weighted by atomic mass is 10.2. The molecule has 0 saturated heterocycles. The molecule has 0 aliphatic rings. The number of hydrogen-bond acceptors (Lipinski definition) is 18. The fourth-order valence-corrected chi connectivity index (χ4v) is 18.0. The first kappa shape index (κ1) is 83.5. The number of ether oxygens (including phenoxy) is 8. The summed E-state index contributed by atoms with van der Waals surface area (Å²) in [4.78, 5) is 21.9. The molecule has 458 valence electrons. The number of carbonyl (C=O) groups excluding carboxylic acids is 2. The zero-order valence-corrected chi connectivity index (χ0v) is 56.0. The normalized spacial score (nSPS) is 13.3. The lowest BCUT2D eigenvalue weighted by molar-refractivity contribution is -0.141. The van der Waals surface area contributed by atoms with E-state index in [2.05, 4.69) is 93.2 Å². The van der Waals surface area contributed by atoms with Crippen LogP contribution in [0, 0.1) is 0 Å². The first-order valence-electron chi connectivity index (χ1n) is 27.9. The number of rotatable bonds is 42. The van der Waals surface area contributed by atoms with Gasteiger partial charge >= 0.3 is 11.9 Å². The number of hydrogen-bond donors (Lipinski definition) is 6. The molecule has 0 amide bonds. The maximum absolute atomic E-state index is 11.0. The summed E-state index contributed by atoms with van der Waals surface area (Å²) >= 11 is 0. The van der Waals surface area contributed by atoms with Crippen LogP contribution in [0.1, 0.15) is 94.9 Å². The summed E-state index contributed by atoms with van der Waals surface area (Å²) in [5.41, 5.74) is 11.4. The molecule has 4 atom stereocenters. The van der Waals surface area contributed by atoms with Crippen molar-refractivity contribution in [3.8, 4) is 0 Å². The van der Waals surface area contributed by atoms with Gasteiger partial charge < -0.3 is 78.6 Å². The third kappa shape index (κ3) is 63.6. The van der Waals surface area contributed by atoms with Crippen LogP contribution in [0.4, 0.5) is 0 Å². The first-order chi connectivity index (χ1) is 35.3. The van der Waals surface area contributed by atoms with Gasteiger partial charge in [-0.1, -0.05) is 79.1 Å². The van der Waals surface area contributed by atoms with E-state index in [9.17, 15) is 30.0 Å². The number of aliphatic hydroxyl groups excluding tert-OH is 4. The van der Waals surface area contributed by atoms with Gasteiger partial charge in [0.15, 0.2) is 18.1 Å². The Kier molecular flexibility index (Phi) is 57.0. The molecule has 0 aromatic carbocycles. The van der Waals surface area contributed by atoms with Crippen LogP contribution in [0.5, 0.6) is 0 Å². The molecule has 0 aromatic rings. The number of aliphatic hydroxyl groups is 4. The molecule has 0 rings (SSSR count). The van der Waals surface area contributed by atoms with E-state index in [-0.39, 0.29) is 77.1 Å². The molecule has 22 heteroatoms. The molecule has 8 N–H and O–H groups in total. The molecule has 0 bridgehead atoms. The highest BCUT2D eigenvalue weighted by atomic mass is 28.3. The Labute approximate surface area is 469 Å². The predicted molar refractivity (Wildman–Crippen MR) is 322 cm³/mol. The summed E-state index contributed by atoms with van der Waals surface area (Å²) in [7, 11) is -4.48. The average Bonchev–Trinajstić information content (AvgIpc) is 3.30. The third-order valence-corrected chi connectivity index (χ3v) is 19.2. The smallest absolute Gasteiger partial charge is 0.333 e. The second kappa shape index (κ2) is 51.8. The molecule has 0 aliphatic heterocycles. The maximum atomic E-state index is 11.0. The Morgan fingerprint density at radius 1 is 0.500 bits per heavy atom. The standard InChI is InChI=1S/2C14H35NO3Si2.2C12H22O5.C2H6/c2*1-14(2,18-19(3)4)12-20(5,6)9-7-8-17-11-13(16)10-15;2*1-4-5-15-8-11(13)9-16-6-7-17-12(14)10(2)3;1-2/h2*13,16,19H,7-12,15H2,1-6H3;2*11,13H,2,4-9H2,1,3H3;1-2H3. The molecule has 0 heterocycles. The van der Waals surface area contributed by atoms with Crippen molar-refractivity contribution < 1.29 is 76.8 Å². The zero-order valence-electron chi connectivity index (χ0n) is 51.7. The van der Waals surface area contributed by atoms with E-state index in [0.29, 0.717) is 50.8 Å². The molecule has 0 radical (unpaired) electrons. The highest BCUT2D eigenvalue weighted by Gasteiger charge is 2.32. The van der Waals surface area contributed by atoms with Crippen LogP contribution < -0.4 is 11.5 Å². The molecule has 18 nitrogen and oxygen atoms in total. The van der Waals surface area contributed by atoms with Gasteiger partial charge in [-0.25, -0.2) is 9.59 Å². The lowest BCUT2D eigenvalue weighted by Crippen LogP contribution is -2.40. The fraction of sp³-hybridized carbons (Fsp3) is 0.889. The van der Waals surface area contributed by atoms with Gasteiger partial charge in [-0.3, -0.25) is 0 Å². The molecular weight excluding hydrogens is 1040 g/mol. The highest BCUT2D eigenvalue weighted by Crippen LogP contribution is 2.29.